The average Bonchev–Trinajstić information content (AvgIpc) is 2.62. The maximum Gasteiger partial charge on any atom is 0.333 e. The number of rotatable bonds is 6. The molecule has 0 unspecified atom stereocenters. The van der Waals surface area contributed by atoms with Crippen LogP contribution in [0.2, 0.25) is 0 Å². The monoisotopic (exact) mass is 360 g/mol. The Hall–Kier alpha value is -2.62. The summed E-state index contributed by atoms with van der Waals surface area (Å²) in [6, 6.07) is 8.19. The summed E-state index contributed by atoms with van der Waals surface area (Å²) in [4.78, 5) is 20.9. The smallest absolute Gasteiger partial charge is 0.333 e. The van der Waals surface area contributed by atoms with E-state index in [1.165, 1.54) is 18.2 Å². The lowest BCUT2D eigenvalue weighted by atomic mass is 10.1. The van der Waals surface area contributed by atoms with Crippen molar-refractivity contribution in [2.24, 2.45) is 0 Å². The minimum absolute atomic E-state index is 0.284. The summed E-state index contributed by atoms with van der Waals surface area (Å²) in [5.41, 5.74) is 3.41. The molecule has 0 atom stereocenters. The number of carbonyl (C=O) groups excluding carboxylic acids is 2. The zero-order valence-corrected chi connectivity index (χ0v) is 16.8. The number of ether oxygens (including phenoxy) is 2. The lowest BCUT2D eigenvalue weighted by molar-refractivity contribution is -0.139. The minimum Gasteiger partial charge on any atom is -0.466 e. The molecule has 0 N–H and O–H groups in total. The Kier molecular flexibility index (Phi) is 15.6. The molecule has 0 radical (unpaired) electrons. The fourth-order valence-electron chi connectivity index (χ4n) is 1.42. The first-order chi connectivity index (χ1) is 12.2. The van der Waals surface area contributed by atoms with Crippen molar-refractivity contribution < 1.29 is 19.1 Å². The molecule has 0 aromatic heterocycles. The third kappa shape index (κ3) is 13.8. The zero-order chi connectivity index (χ0) is 20.5. The Labute approximate surface area is 158 Å². The molecule has 1 rings (SSSR count). The van der Waals surface area contributed by atoms with Gasteiger partial charge in [-0.3, -0.25) is 0 Å². The first kappa shape index (κ1) is 25.6. The predicted molar refractivity (Wildman–Crippen MR) is 109 cm³/mol. The molecule has 0 aliphatic carbocycles. The third-order valence-electron chi connectivity index (χ3n) is 3.02. The zero-order valence-electron chi connectivity index (χ0n) is 16.8. The second-order valence-corrected chi connectivity index (χ2v) is 5.60. The van der Waals surface area contributed by atoms with Gasteiger partial charge in [0.1, 0.15) is 0 Å². The number of carbonyl (C=O) groups is 2. The Balaban J connectivity index is 0. The highest BCUT2D eigenvalue weighted by Crippen LogP contribution is 2.06. The first-order valence-corrected chi connectivity index (χ1v) is 8.45. The molecule has 0 saturated carbocycles. The van der Waals surface area contributed by atoms with Gasteiger partial charge < -0.3 is 9.47 Å². The van der Waals surface area contributed by atoms with Gasteiger partial charge in [0.25, 0.3) is 0 Å². The van der Waals surface area contributed by atoms with E-state index < -0.39 is 0 Å². The van der Waals surface area contributed by atoms with Crippen molar-refractivity contribution in [3.63, 3.8) is 0 Å². The summed E-state index contributed by atoms with van der Waals surface area (Å²) in [5, 5.41) is 0. The fraction of sp³-hybridized carbons (Fsp3) is 0.364. The van der Waals surface area contributed by atoms with Crippen LogP contribution in [0.25, 0.3) is 6.08 Å². The minimum atomic E-state index is -0.347. The van der Waals surface area contributed by atoms with Crippen LogP contribution in [0.4, 0.5) is 0 Å². The molecule has 0 bridgehead atoms. The average molecular weight is 360 g/mol. The fourth-order valence-corrected chi connectivity index (χ4v) is 1.42. The van der Waals surface area contributed by atoms with Gasteiger partial charge in [0.05, 0.1) is 13.7 Å². The van der Waals surface area contributed by atoms with Gasteiger partial charge in [-0.15, -0.1) is 0 Å². The van der Waals surface area contributed by atoms with Gasteiger partial charge in [0.15, 0.2) is 0 Å². The second-order valence-electron chi connectivity index (χ2n) is 5.60. The Morgan fingerprint density at radius 1 is 1.08 bits per heavy atom. The van der Waals surface area contributed by atoms with Gasteiger partial charge >= 0.3 is 11.9 Å². The van der Waals surface area contributed by atoms with Gasteiger partial charge in [-0.25, -0.2) is 9.59 Å². The van der Waals surface area contributed by atoms with Crippen LogP contribution in [0.5, 0.6) is 0 Å². The Bertz CT molecular complexity index is 600. The number of hydrogen-bond donors (Lipinski definition) is 0. The normalized spacial score (nSPS) is 8.65. The van der Waals surface area contributed by atoms with E-state index in [0.717, 1.165) is 12.8 Å². The van der Waals surface area contributed by atoms with Crippen molar-refractivity contribution in [3.05, 3.63) is 66.3 Å². The number of esters is 2. The van der Waals surface area contributed by atoms with Crippen molar-refractivity contribution in [2.45, 2.75) is 40.5 Å². The highest BCUT2D eigenvalue weighted by Gasteiger charge is 2.00. The quantitative estimate of drug-likeness (QED) is 0.393. The lowest BCUT2D eigenvalue weighted by Gasteiger charge is -2.01. The molecular formula is C22H32O4. The molecule has 4 nitrogen and oxygen atoms in total. The van der Waals surface area contributed by atoms with Gasteiger partial charge in [0, 0.05) is 11.1 Å². The predicted octanol–water partition coefficient (Wildman–Crippen LogP) is 5.28. The van der Waals surface area contributed by atoms with Crippen molar-refractivity contribution in [1.82, 2.24) is 0 Å². The van der Waals surface area contributed by atoms with Crippen LogP contribution >= 0.6 is 0 Å². The second kappa shape index (κ2) is 15.9. The molecule has 26 heavy (non-hydrogen) atoms. The van der Waals surface area contributed by atoms with Crippen molar-refractivity contribution in [2.75, 3.05) is 13.7 Å². The largest absolute Gasteiger partial charge is 0.466 e. The van der Waals surface area contributed by atoms with Gasteiger partial charge in [-0.2, -0.15) is 0 Å². The molecule has 0 heterocycles. The van der Waals surface area contributed by atoms with Crippen LogP contribution < -0.4 is 0 Å². The van der Waals surface area contributed by atoms with Gasteiger partial charge in [-0.05, 0) is 38.3 Å². The molecule has 0 saturated heterocycles. The first-order valence-electron chi connectivity index (χ1n) is 8.45. The molecule has 0 amide bonds. The highest BCUT2D eigenvalue weighted by molar-refractivity contribution is 5.87. The molecule has 0 fully saturated rings. The van der Waals surface area contributed by atoms with Crippen LogP contribution in [-0.2, 0) is 19.1 Å². The summed E-state index contributed by atoms with van der Waals surface area (Å²) in [5.74, 6) is -0.631. The third-order valence-corrected chi connectivity index (χ3v) is 3.02. The number of aryl methyl sites for hydroxylation is 1. The molecule has 1 aromatic rings. The number of hydrogen-bond acceptors (Lipinski definition) is 4. The standard InChI is InChI=1S/C9H10.C8H14O2.C5H8O2/c1-3-9-7-5-4-6-8(9)2;1-4-5-6-10-8(9)7(2)3;1-4(2)5(6)7-3/h3-7H,1H2,2H3;2,4-6H2,1,3H3;1H2,2-3H3. The SMILES string of the molecule is C=C(C)C(=O)OC.C=C(C)C(=O)OCCCC.C=Cc1ccccc1C. The van der Waals surface area contributed by atoms with Gasteiger partial charge in [-0.1, -0.05) is 63.4 Å². The summed E-state index contributed by atoms with van der Waals surface area (Å²) >= 11 is 0. The van der Waals surface area contributed by atoms with E-state index in [-0.39, 0.29) is 11.9 Å². The Morgan fingerprint density at radius 2 is 1.62 bits per heavy atom. The van der Waals surface area contributed by atoms with E-state index in [1.807, 2.05) is 18.2 Å². The van der Waals surface area contributed by atoms with Gasteiger partial charge in [0.2, 0.25) is 0 Å². The van der Waals surface area contributed by atoms with Crippen LogP contribution in [0.3, 0.4) is 0 Å². The summed E-state index contributed by atoms with van der Waals surface area (Å²) in [6.45, 7) is 18.4. The van der Waals surface area contributed by atoms with E-state index in [4.69, 9.17) is 4.74 Å². The number of unbranched alkanes of at least 4 members (excludes halogenated alkanes) is 1. The van der Waals surface area contributed by atoms with E-state index in [0.29, 0.717) is 17.8 Å². The van der Waals surface area contributed by atoms with Crippen molar-refractivity contribution >= 4 is 18.0 Å². The summed E-state index contributed by atoms with van der Waals surface area (Å²) in [6.07, 6.45) is 3.85. The topological polar surface area (TPSA) is 52.6 Å². The van der Waals surface area contributed by atoms with Crippen LogP contribution in [0.15, 0.2) is 55.1 Å². The summed E-state index contributed by atoms with van der Waals surface area (Å²) in [7, 11) is 1.33. The van der Waals surface area contributed by atoms with Crippen LogP contribution in [0.1, 0.15) is 44.7 Å². The maximum absolute atomic E-state index is 10.7. The summed E-state index contributed by atoms with van der Waals surface area (Å²) < 4.78 is 9.08. The van der Waals surface area contributed by atoms with Crippen molar-refractivity contribution in [3.8, 4) is 0 Å². The molecular weight excluding hydrogens is 328 g/mol. The molecule has 1 aromatic carbocycles. The van der Waals surface area contributed by atoms with E-state index >= 15 is 0 Å². The lowest BCUT2D eigenvalue weighted by Crippen LogP contribution is -2.05. The van der Waals surface area contributed by atoms with E-state index in [2.05, 4.69) is 50.5 Å². The van der Waals surface area contributed by atoms with Crippen LogP contribution in [-0.4, -0.2) is 25.7 Å². The van der Waals surface area contributed by atoms with Crippen LogP contribution in [0, 0.1) is 6.92 Å². The van der Waals surface area contributed by atoms with E-state index in [1.54, 1.807) is 13.8 Å². The van der Waals surface area contributed by atoms with Crippen molar-refractivity contribution in [1.29, 1.82) is 0 Å². The molecule has 144 valence electrons. The molecule has 0 aliphatic rings. The molecule has 4 heteroatoms. The Morgan fingerprint density at radius 3 is 1.92 bits per heavy atom. The maximum atomic E-state index is 10.7. The molecule has 0 aliphatic heterocycles. The highest BCUT2D eigenvalue weighted by atomic mass is 16.5. The molecule has 0 spiro atoms. The number of methoxy groups -OCH3 is 1. The van der Waals surface area contributed by atoms with E-state index in [9.17, 15) is 9.59 Å². The number of benzene rings is 1.